The summed E-state index contributed by atoms with van der Waals surface area (Å²) in [4.78, 5) is 0. The molecule has 2 aliphatic rings. The van der Waals surface area contributed by atoms with Gasteiger partial charge in [0, 0.05) is 5.92 Å². The van der Waals surface area contributed by atoms with E-state index >= 15 is 0 Å². The molecule has 0 fully saturated rings. The molecular formula is C28H35Cl2SiZr-3. The van der Waals surface area contributed by atoms with Crippen LogP contribution in [0.2, 0.25) is 0 Å². The summed E-state index contributed by atoms with van der Waals surface area (Å²) in [6.07, 6.45) is 7.18. The third-order valence-electron chi connectivity index (χ3n) is 5.78. The van der Waals surface area contributed by atoms with Gasteiger partial charge in [-0.1, -0.05) is 99.7 Å². The Morgan fingerprint density at radius 2 is 1.50 bits per heavy atom. The summed E-state index contributed by atoms with van der Waals surface area (Å²) in [5.74, 6) is 0.378. The van der Waals surface area contributed by atoms with Crippen LogP contribution in [0.5, 0.6) is 0 Å². The maximum absolute atomic E-state index is 3.74. The van der Waals surface area contributed by atoms with Crippen molar-refractivity contribution in [2.75, 3.05) is 0 Å². The number of halogens is 2. The normalized spacial score (nSPS) is 15.9. The molecule has 0 amide bonds. The molecule has 1 atom stereocenters. The zero-order valence-electron chi connectivity index (χ0n) is 20.3. The van der Waals surface area contributed by atoms with Gasteiger partial charge >= 0.3 is 30.2 Å². The van der Waals surface area contributed by atoms with Crippen LogP contribution in [0.15, 0.2) is 70.8 Å². The molecule has 0 saturated carbocycles. The van der Waals surface area contributed by atoms with Crippen LogP contribution >= 0.6 is 24.8 Å². The minimum absolute atomic E-state index is 0. The first-order valence-electron chi connectivity index (χ1n) is 9.81. The van der Waals surface area contributed by atoms with Crippen molar-refractivity contribution in [3.63, 3.8) is 0 Å². The third kappa shape index (κ3) is 6.69. The summed E-state index contributed by atoms with van der Waals surface area (Å²) in [5, 5.41) is 0. The van der Waals surface area contributed by atoms with E-state index < -0.39 is 0 Å². The van der Waals surface area contributed by atoms with Crippen LogP contribution in [-0.2, 0) is 23.3 Å². The van der Waals surface area contributed by atoms with E-state index in [1.54, 1.807) is 0 Å². The molecule has 0 saturated heterocycles. The van der Waals surface area contributed by atoms with Gasteiger partial charge in [0.1, 0.15) is 0 Å². The predicted molar refractivity (Wildman–Crippen MR) is 145 cm³/mol. The molecule has 0 heterocycles. The van der Waals surface area contributed by atoms with Crippen molar-refractivity contribution in [2.24, 2.45) is 5.41 Å². The molecule has 0 bridgehead atoms. The fourth-order valence-corrected chi connectivity index (χ4v) is 4.57. The van der Waals surface area contributed by atoms with Crippen LogP contribution in [0, 0.1) is 26.3 Å². The number of benzene rings is 2. The molecule has 2 aliphatic carbocycles. The van der Waals surface area contributed by atoms with Gasteiger partial charge in [-0.05, 0) is 29.2 Å². The molecule has 32 heavy (non-hydrogen) atoms. The number of fused-ring (bicyclic) bond motifs is 1. The summed E-state index contributed by atoms with van der Waals surface area (Å²) < 4.78 is 0. The molecule has 2 aromatic carbocycles. The Balaban J connectivity index is 0. The average Bonchev–Trinajstić information content (AvgIpc) is 3.22. The van der Waals surface area contributed by atoms with Crippen LogP contribution in [0.4, 0.5) is 0 Å². The molecule has 2 aromatic rings. The molecule has 0 spiro atoms. The van der Waals surface area contributed by atoms with Crippen LogP contribution in [-0.4, -0.2) is 6.88 Å². The first-order chi connectivity index (χ1) is 13.4. The number of hydrogen-bond acceptors (Lipinski definition) is 0. The zero-order valence-corrected chi connectivity index (χ0v) is 25.4. The van der Waals surface area contributed by atoms with E-state index in [9.17, 15) is 0 Å². The van der Waals surface area contributed by atoms with Crippen molar-refractivity contribution < 1.29 is 23.3 Å². The second kappa shape index (κ2) is 13.9. The van der Waals surface area contributed by atoms with Gasteiger partial charge in [-0.25, -0.2) is 17.2 Å². The van der Waals surface area contributed by atoms with Gasteiger partial charge < -0.3 is 14.9 Å². The summed E-state index contributed by atoms with van der Waals surface area (Å²) in [5.41, 5.74) is 11.4. The average molecular weight is 562 g/mol. The van der Waals surface area contributed by atoms with Crippen LogP contribution in [0.25, 0.3) is 17.2 Å². The first kappa shape index (κ1) is 33.5. The van der Waals surface area contributed by atoms with Crippen molar-refractivity contribution in [1.82, 2.24) is 0 Å². The van der Waals surface area contributed by atoms with Crippen LogP contribution < -0.4 is 0 Å². The summed E-state index contributed by atoms with van der Waals surface area (Å²) in [7, 11) is 0. The van der Waals surface area contributed by atoms with E-state index in [0.717, 1.165) is 6.42 Å². The Morgan fingerprint density at radius 3 is 2.03 bits per heavy atom. The molecule has 4 rings (SSSR count). The monoisotopic (exact) mass is 559 g/mol. The van der Waals surface area contributed by atoms with Crippen molar-refractivity contribution in [3.05, 3.63) is 103 Å². The minimum atomic E-state index is 0. The molecule has 0 nitrogen and oxygen atoms in total. The Labute approximate surface area is 226 Å². The third-order valence-corrected chi connectivity index (χ3v) is 5.78. The van der Waals surface area contributed by atoms with E-state index in [2.05, 4.69) is 102 Å². The van der Waals surface area contributed by atoms with Gasteiger partial charge in [-0.15, -0.1) is 24.8 Å². The van der Waals surface area contributed by atoms with E-state index in [4.69, 9.17) is 0 Å². The van der Waals surface area contributed by atoms with E-state index in [1.165, 1.54) is 67.9 Å². The number of hydrogen-bond donors (Lipinski definition) is 0. The molecule has 1 unspecified atom stereocenters. The molecule has 4 heteroatoms. The zero-order chi connectivity index (χ0) is 20.5. The Bertz CT molecular complexity index is 982. The topological polar surface area (TPSA) is 0 Å². The Kier molecular flexibility index (Phi) is 14.6. The summed E-state index contributed by atoms with van der Waals surface area (Å²) >= 11 is 1.36. The van der Waals surface area contributed by atoms with Crippen molar-refractivity contribution in [3.8, 4) is 11.1 Å². The Hall–Kier alpha value is -0.660. The Morgan fingerprint density at radius 1 is 0.906 bits per heavy atom. The van der Waals surface area contributed by atoms with Gasteiger partial charge in [0.05, 0.1) is 0 Å². The predicted octanol–water partition coefficient (Wildman–Crippen LogP) is 8.71. The fraction of sp³-hybridized carbons (Fsp3) is 0.286. The van der Waals surface area contributed by atoms with Crippen molar-refractivity contribution in [2.45, 2.75) is 47.0 Å². The van der Waals surface area contributed by atoms with Gasteiger partial charge in [0.15, 0.2) is 0 Å². The van der Waals surface area contributed by atoms with Gasteiger partial charge in [-0.3, -0.25) is 0 Å². The standard InChI is InChI=1S/C26H27.2CH3.2ClH.Si.Zr/c1-17-14-20(16-24(17)26(3,4)5)25-18(2)15-23-21(12-9-13-22(23)25)19-10-7-6-8-11-19;;;;;;/h6-13,15,25H,16H2,1-5H3;2*1H3;2*1H;;/q3*-1;;;;. The maximum atomic E-state index is 3.74. The second-order valence-corrected chi connectivity index (χ2v) is 8.68. The molecule has 0 N–H and O–H groups in total. The SMILES string of the molecule is CC1=Cc2c(-c3ccccc3)cccc2C1C1=[C-]C(C)=C(C(C)(C)C)C1.Cl.Cl.[CH3-].[CH3-].[Si]=[Zr]. The van der Waals surface area contributed by atoms with Crippen LogP contribution in [0.1, 0.15) is 58.1 Å². The van der Waals surface area contributed by atoms with Crippen molar-refractivity contribution in [1.29, 1.82) is 0 Å². The summed E-state index contributed by atoms with van der Waals surface area (Å²) in [6, 6.07) is 17.5. The van der Waals surface area contributed by atoms with E-state index in [0.29, 0.717) is 5.92 Å². The number of rotatable bonds is 2. The van der Waals surface area contributed by atoms with E-state index in [-0.39, 0.29) is 45.1 Å². The van der Waals surface area contributed by atoms with Gasteiger partial charge in [0.25, 0.3) is 0 Å². The molecule has 0 aromatic heterocycles. The molecular weight excluding hydrogens is 527 g/mol. The van der Waals surface area contributed by atoms with Gasteiger partial charge in [-0.2, -0.15) is 5.57 Å². The first-order valence-corrected chi connectivity index (χ1v) is 14.0. The van der Waals surface area contributed by atoms with Crippen molar-refractivity contribution >= 4 is 37.8 Å². The summed E-state index contributed by atoms with van der Waals surface area (Å²) in [6.45, 7) is 14.5. The fourth-order valence-electron chi connectivity index (χ4n) is 4.57. The van der Waals surface area contributed by atoms with E-state index in [1.807, 2.05) is 0 Å². The molecule has 0 aliphatic heterocycles. The second-order valence-electron chi connectivity index (χ2n) is 8.68. The van der Waals surface area contributed by atoms with Gasteiger partial charge in [0.2, 0.25) is 0 Å². The number of allylic oxidation sites excluding steroid dienone is 5. The molecule has 172 valence electrons. The molecule has 2 radical (unpaired) electrons. The quantitative estimate of drug-likeness (QED) is 0.254. The van der Waals surface area contributed by atoms with Crippen LogP contribution in [0.3, 0.4) is 0 Å².